The molecule has 0 fully saturated rings. The second kappa shape index (κ2) is 9.23. The summed E-state index contributed by atoms with van der Waals surface area (Å²) in [6, 6.07) is 14.0. The molecule has 1 amide bonds. The van der Waals surface area contributed by atoms with Gasteiger partial charge in [-0.2, -0.15) is 0 Å². The molecule has 0 aliphatic rings. The Morgan fingerprint density at radius 2 is 1.80 bits per heavy atom. The van der Waals surface area contributed by atoms with E-state index in [1.807, 2.05) is 24.3 Å². The van der Waals surface area contributed by atoms with Crippen molar-refractivity contribution in [2.45, 2.75) is 33.7 Å². The van der Waals surface area contributed by atoms with Crippen molar-refractivity contribution < 1.29 is 9.53 Å². The minimum atomic E-state index is -0.0256. The molecule has 0 heterocycles. The molecule has 0 spiro atoms. The SMILES string of the molecule is CCCN(CC(=O)Nc1ccccc1OC)Cc1cc(C)cc(C)c1. The average molecular weight is 340 g/mol. The molecule has 0 aliphatic carbocycles. The van der Waals surface area contributed by atoms with Crippen LogP contribution >= 0.6 is 0 Å². The fraction of sp³-hybridized carbons (Fsp3) is 0.381. The molecule has 0 aliphatic heterocycles. The van der Waals surface area contributed by atoms with Crippen LogP contribution in [0.25, 0.3) is 0 Å². The molecule has 2 aromatic carbocycles. The van der Waals surface area contributed by atoms with E-state index in [9.17, 15) is 4.79 Å². The van der Waals surface area contributed by atoms with Gasteiger partial charge < -0.3 is 10.1 Å². The van der Waals surface area contributed by atoms with Crippen LogP contribution in [-0.4, -0.2) is 31.0 Å². The van der Waals surface area contributed by atoms with Crippen LogP contribution in [0.5, 0.6) is 5.75 Å². The average Bonchev–Trinajstić information content (AvgIpc) is 2.54. The summed E-state index contributed by atoms with van der Waals surface area (Å²) in [5.41, 5.74) is 4.46. The number of para-hydroxylation sites is 2. The lowest BCUT2D eigenvalue weighted by Gasteiger charge is -2.22. The zero-order chi connectivity index (χ0) is 18.2. The Morgan fingerprint density at radius 3 is 2.44 bits per heavy atom. The van der Waals surface area contributed by atoms with E-state index >= 15 is 0 Å². The number of ether oxygens (including phenoxy) is 1. The van der Waals surface area contributed by atoms with E-state index in [1.54, 1.807) is 7.11 Å². The summed E-state index contributed by atoms with van der Waals surface area (Å²) in [5, 5.41) is 2.95. The number of hydrogen-bond donors (Lipinski definition) is 1. The van der Waals surface area contributed by atoms with E-state index in [0.29, 0.717) is 18.0 Å². The van der Waals surface area contributed by atoms with Crippen LogP contribution < -0.4 is 10.1 Å². The molecule has 0 atom stereocenters. The van der Waals surface area contributed by atoms with Crippen molar-refractivity contribution in [3.05, 3.63) is 59.2 Å². The van der Waals surface area contributed by atoms with E-state index in [4.69, 9.17) is 4.74 Å². The highest BCUT2D eigenvalue weighted by Crippen LogP contribution is 2.23. The first-order valence-electron chi connectivity index (χ1n) is 8.74. The largest absolute Gasteiger partial charge is 0.495 e. The van der Waals surface area contributed by atoms with Crippen LogP contribution in [0.1, 0.15) is 30.0 Å². The maximum Gasteiger partial charge on any atom is 0.238 e. The van der Waals surface area contributed by atoms with Gasteiger partial charge in [-0.3, -0.25) is 9.69 Å². The van der Waals surface area contributed by atoms with E-state index < -0.39 is 0 Å². The number of aryl methyl sites for hydroxylation is 2. The van der Waals surface area contributed by atoms with Gasteiger partial charge in [0, 0.05) is 6.54 Å². The first kappa shape index (κ1) is 19.0. The quantitative estimate of drug-likeness (QED) is 0.784. The smallest absolute Gasteiger partial charge is 0.238 e. The molecule has 0 radical (unpaired) electrons. The Balaban J connectivity index is 2.03. The minimum absolute atomic E-state index is 0.0256. The zero-order valence-corrected chi connectivity index (χ0v) is 15.6. The lowest BCUT2D eigenvalue weighted by atomic mass is 10.1. The van der Waals surface area contributed by atoms with Gasteiger partial charge in [0.05, 0.1) is 19.3 Å². The summed E-state index contributed by atoms with van der Waals surface area (Å²) in [6.45, 7) is 8.36. The van der Waals surface area contributed by atoms with E-state index in [1.165, 1.54) is 16.7 Å². The van der Waals surface area contributed by atoms with E-state index in [0.717, 1.165) is 19.5 Å². The van der Waals surface area contributed by atoms with E-state index in [2.05, 4.69) is 49.2 Å². The van der Waals surface area contributed by atoms with Crippen LogP contribution in [0.3, 0.4) is 0 Å². The van der Waals surface area contributed by atoms with Crippen LogP contribution in [0.15, 0.2) is 42.5 Å². The molecule has 25 heavy (non-hydrogen) atoms. The van der Waals surface area contributed by atoms with Crippen molar-refractivity contribution in [1.82, 2.24) is 4.90 Å². The summed E-state index contributed by atoms with van der Waals surface area (Å²) in [4.78, 5) is 14.7. The number of nitrogens with one attached hydrogen (secondary N) is 1. The summed E-state index contributed by atoms with van der Waals surface area (Å²) in [5.74, 6) is 0.648. The monoisotopic (exact) mass is 340 g/mol. The highest BCUT2D eigenvalue weighted by atomic mass is 16.5. The number of methoxy groups -OCH3 is 1. The van der Waals surface area contributed by atoms with Crippen molar-refractivity contribution in [2.75, 3.05) is 25.5 Å². The lowest BCUT2D eigenvalue weighted by molar-refractivity contribution is -0.117. The molecule has 0 unspecified atom stereocenters. The summed E-state index contributed by atoms with van der Waals surface area (Å²) >= 11 is 0. The molecule has 134 valence electrons. The predicted molar refractivity (Wildman–Crippen MR) is 103 cm³/mol. The summed E-state index contributed by atoms with van der Waals surface area (Å²) < 4.78 is 5.29. The number of carbonyl (C=O) groups excluding carboxylic acids is 1. The molecule has 2 aromatic rings. The molecule has 2 rings (SSSR count). The maximum absolute atomic E-state index is 12.5. The second-order valence-electron chi connectivity index (χ2n) is 6.46. The van der Waals surface area contributed by atoms with Gasteiger partial charge in [0.15, 0.2) is 0 Å². The third-order valence-electron chi connectivity index (χ3n) is 3.98. The van der Waals surface area contributed by atoms with Gasteiger partial charge in [0.2, 0.25) is 5.91 Å². The number of anilines is 1. The van der Waals surface area contributed by atoms with Gasteiger partial charge in [-0.1, -0.05) is 48.4 Å². The Bertz CT molecular complexity index is 693. The Hall–Kier alpha value is -2.33. The van der Waals surface area contributed by atoms with Crippen LogP contribution in [0.4, 0.5) is 5.69 Å². The molecule has 0 saturated carbocycles. The predicted octanol–water partition coefficient (Wildman–Crippen LogP) is 4.16. The molecule has 0 bridgehead atoms. The van der Waals surface area contributed by atoms with E-state index in [-0.39, 0.29) is 5.91 Å². The van der Waals surface area contributed by atoms with Crippen molar-refractivity contribution in [1.29, 1.82) is 0 Å². The lowest BCUT2D eigenvalue weighted by Crippen LogP contribution is -2.33. The highest BCUT2D eigenvalue weighted by molar-refractivity contribution is 5.93. The topological polar surface area (TPSA) is 41.6 Å². The summed E-state index contributed by atoms with van der Waals surface area (Å²) in [6.07, 6.45) is 1.01. The molecule has 4 heteroatoms. The fourth-order valence-electron chi connectivity index (χ4n) is 3.09. The van der Waals surface area contributed by atoms with Crippen molar-refractivity contribution in [3.8, 4) is 5.75 Å². The van der Waals surface area contributed by atoms with Gasteiger partial charge >= 0.3 is 0 Å². The zero-order valence-electron chi connectivity index (χ0n) is 15.6. The van der Waals surface area contributed by atoms with Crippen LogP contribution in [-0.2, 0) is 11.3 Å². The summed E-state index contributed by atoms with van der Waals surface area (Å²) in [7, 11) is 1.61. The molecular weight excluding hydrogens is 312 g/mol. The van der Waals surface area contributed by atoms with Crippen molar-refractivity contribution in [2.24, 2.45) is 0 Å². The van der Waals surface area contributed by atoms with Gasteiger partial charge in [0.1, 0.15) is 5.75 Å². The minimum Gasteiger partial charge on any atom is -0.495 e. The Labute approximate surface area is 150 Å². The number of nitrogens with zero attached hydrogens (tertiary/aromatic N) is 1. The highest BCUT2D eigenvalue weighted by Gasteiger charge is 2.13. The van der Waals surface area contributed by atoms with Gasteiger partial charge in [-0.15, -0.1) is 0 Å². The Morgan fingerprint density at radius 1 is 1.12 bits per heavy atom. The standard InChI is InChI=1S/C21H28N2O2/c1-5-10-23(14-18-12-16(2)11-17(3)13-18)15-21(24)22-19-8-6-7-9-20(19)25-4/h6-9,11-13H,5,10,14-15H2,1-4H3,(H,22,24). The van der Waals surface area contributed by atoms with Gasteiger partial charge in [-0.05, 0) is 44.5 Å². The normalized spacial score (nSPS) is 10.8. The fourth-order valence-corrected chi connectivity index (χ4v) is 3.09. The van der Waals surface area contributed by atoms with Crippen LogP contribution in [0, 0.1) is 13.8 Å². The number of rotatable bonds is 8. The van der Waals surface area contributed by atoms with Gasteiger partial charge in [-0.25, -0.2) is 0 Å². The number of hydrogen-bond acceptors (Lipinski definition) is 3. The second-order valence-corrected chi connectivity index (χ2v) is 6.46. The molecular formula is C21H28N2O2. The van der Waals surface area contributed by atoms with Gasteiger partial charge in [0.25, 0.3) is 0 Å². The number of carbonyl (C=O) groups is 1. The molecule has 0 saturated heterocycles. The molecule has 0 aromatic heterocycles. The first-order chi connectivity index (χ1) is 12.0. The Kier molecular flexibility index (Phi) is 7.02. The molecule has 1 N–H and O–H groups in total. The van der Waals surface area contributed by atoms with Crippen LogP contribution in [0.2, 0.25) is 0 Å². The molecule has 4 nitrogen and oxygen atoms in total. The maximum atomic E-state index is 12.5. The number of benzene rings is 2. The first-order valence-corrected chi connectivity index (χ1v) is 8.74. The third-order valence-corrected chi connectivity index (χ3v) is 3.98. The van der Waals surface area contributed by atoms with Crippen molar-refractivity contribution >= 4 is 11.6 Å². The number of amides is 1. The third kappa shape index (κ3) is 5.91. The van der Waals surface area contributed by atoms with Crippen molar-refractivity contribution in [3.63, 3.8) is 0 Å².